The molecule has 1 fully saturated rings. The maximum Gasteiger partial charge on any atom is 0.257 e. The van der Waals surface area contributed by atoms with Gasteiger partial charge in [0.15, 0.2) is 0 Å². The first-order valence-corrected chi connectivity index (χ1v) is 8.26. The molecule has 1 N–H and O–H groups in total. The van der Waals surface area contributed by atoms with E-state index in [4.69, 9.17) is 32.7 Å². The Hall–Kier alpha value is -1.82. The van der Waals surface area contributed by atoms with Crippen molar-refractivity contribution in [1.82, 2.24) is 4.98 Å². The second-order valence-corrected chi connectivity index (χ2v) is 6.37. The minimum absolute atomic E-state index is 0.0520. The molecule has 1 aliphatic rings. The van der Waals surface area contributed by atoms with Gasteiger partial charge < -0.3 is 14.8 Å². The zero-order chi connectivity index (χ0) is 17.1. The fraction of sp³-hybridized carbons (Fsp3) is 0.294. The number of carbonyl (C=O) groups is 1. The summed E-state index contributed by atoms with van der Waals surface area (Å²) in [6, 6.07) is 6.84. The van der Waals surface area contributed by atoms with Crippen molar-refractivity contribution >= 4 is 34.8 Å². The summed E-state index contributed by atoms with van der Waals surface area (Å²) in [5.41, 5.74) is 1.90. The van der Waals surface area contributed by atoms with Crippen LogP contribution < -0.4 is 10.1 Å². The molecule has 0 aliphatic carbocycles. The van der Waals surface area contributed by atoms with Crippen LogP contribution in [-0.2, 0) is 4.74 Å². The fourth-order valence-corrected chi connectivity index (χ4v) is 2.71. The molecule has 0 radical (unpaired) electrons. The van der Waals surface area contributed by atoms with Gasteiger partial charge in [-0.15, -0.1) is 0 Å². The van der Waals surface area contributed by atoms with E-state index in [0.29, 0.717) is 35.4 Å². The number of hydrogen-bond donors (Lipinski definition) is 1. The van der Waals surface area contributed by atoms with Gasteiger partial charge in [0.1, 0.15) is 11.1 Å². The Balaban J connectivity index is 1.73. The van der Waals surface area contributed by atoms with Gasteiger partial charge in [-0.3, -0.25) is 4.79 Å². The molecule has 24 heavy (non-hydrogen) atoms. The number of anilines is 1. The summed E-state index contributed by atoms with van der Waals surface area (Å²) in [4.78, 5) is 16.5. The first kappa shape index (κ1) is 17.0. The topological polar surface area (TPSA) is 60.5 Å². The average molecular weight is 367 g/mol. The molecule has 1 aromatic carbocycles. The molecular formula is C17H16Cl2N2O3. The van der Waals surface area contributed by atoms with E-state index in [1.165, 1.54) is 12.3 Å². The number of rotatable bonds is 4. The highest BCUT2D eigenvalue weighted by atomic mass is 35.5. The SMILES string of the molecule is Cc1ccc(Cl)cc1NC(=O)c1cnc(OC2CCOC2)c(Cl)c1. The number of nitrogens with one attached hydrogen (secondary N) is 1. The van der Waals surface area contributed by atoms with Gasteiger partial charge in [-0.05, 0) is 30.7 Å². The molecular weight excluding hydrogens is 351 g/mol. The number of amides is 1. The lowest BCUT2D eigenvalue weighted by molar-refractivity contribution is 0.102. The highest BCUT2D eigenvalue weighted by Crippen LogP contribution is 2.26. The second kappa shape index (κ2) is 7.38. The lowest BCUT2D eigenvalue weighted by Gasteiger charge is -2.13. The van der Waals surface area contributed by atoms with Crippen molar-refractivity contribution in [2.75, 3.05) is 18.5 Å². The smallest absolute Gasteiger partial charge is 0.257 e. The molecule has 2 heterocycles. The van der Waals surface area contributed by atoms with E-state index in [-0.39, 0.29) is 17.0 Å². The number of nitrogens with zero attached hydrogens (tertiary/aromatic N) is 1. The summed E-state index contributed by atoms with van der Waals surface area (Å²) >= 11 is 12.1. The van der Waals surface area contributed by atoms with E-state index < -0.39 is 0 Å². The molecule has 3 rings (SSSR count). The van der Waals surface area contributed by atoms with Gasteiger partial charge in [-0.1, -0.05) is 29.3 Å². The number of ether oxygens (including phenoxy) is 2. The standard InChI is InChI=1S/C17H16Cl2N2O3/c1-10-2-3-12(18)7-15(10)21-16(22)11-6-14(19)17(20-8-11)24-13-4-5-23-9-13/h2-3,6-8,13H,4-5,9H2,1H3,(H,21,22). The third kappa shape index (κ3) is 3.98. The number of hydrogen-bond acceptors (Lipinski definition) is 4. The molecule has 5 nitrogen and oxygen atoms in total. The minimum atomic E-state index is -0.314. The average Bonchev–Trinajstić information content (AvgIpc) is 3.06. The minimum Gasteiger partial charge on any atom is -0.471 e. The summed E-state index contributed by atoms with van der Waals surface area (Å²) in [7, 11) is 0. The van der Waals surface area contributed by atoms with Crippen LogP contribution in [0.5, 0.6) is 5.88 Å². The zero-order valence-corrected chi connectivity index (χ0v) is 14.5. The molecule has 0 bridgehead atoms. The van der Waals surface area contributed by atoms with Crippen LogP contribution in [0, 0.1) is 6.92 Å². The predicted octanol–water partition coefficient (Wildman–Crippen LogP) is 4.12. The summed E-state index contributed by atoms with van der Waals surface area (Å²) in [6.45, 7) is 3.08. The van der Waals surface area contributed by atoms with E-state index in [2.05, 4.69) is 10.3 Å². The number of halogens is 2. The lowest BCUT2D eigenvalue weighted by Crippen LogP contribution is -2.17. The maximum absolute atomic E-state index is 12.4. The molecule has 0 saturated carbocycles. The maximum atomic E-state index is 12.4. The van der Waals surface area contributed by atoms with Crippen LogP contribution in [0.2, 0.25) is 10.0 Å². The van der Waals surface area contributed by atoms with Crippen molar-refractivity contribution in [3.05, 3.63) is 51.6 Å². The molecule has 1 aromatic heterocycles. The Morgan fingerprint density at radius 1 is 1.38 bits per heavy atom. The quantitative estimate of drug-likeness (QED) is 0.883. The van der Waals surface area contributed by atoms with E-state index in [1.807, 2.05) is 13.0 Å². The molecule has 7 heteroatoms. The molecule has 1 atom stereocenters. The van der Waals surface area contributed by atoms with Gasteiger partial charge in [0, 0.05) is 23.3 Å². The van der Waals surface area contributed by atoms with E-state index >= 15 is 0 Å². The largest absolute Gasteiger partial charge is 0.471 e. The van der Waals surface area contributed by atoms with Gasteiger partial charge in [-0.2, -0.15) is 0 Å². The number of carbonyl (C=O) groups excluding carboxylic acids is 1. The van der Waals surface area contributed by atoms with Crippen LogP contribution in [-0.4, -0.2) is 30.2 Å². The summed E-state index contributed by atoms with van der Waals surface area (Å²) in [6.07, 6.45) is 2.18. The van der Waals surface area contributed by atoms with Crippen molar-refractivity contribution < 1.29 is 14.3 Å². The van der Waals surface area contributed by atoms with Crippen LogP contribution in [0.25, 0.3) is 0 Å². The molecule has 1 unspecified atom stereocenters. The Labute approximate surface area is 149 Å². The molecule has 1 amide bonds. The van der Waals surface area contributed by atoms with Crippen molar-refractivity contribution in [1.29, 1.82) is 0 Å². The van der Waals surface area contributed by atoms with Crippen LogP contribution in [0.1, 0.15) is 22.3 Å². The third-order valence-electron chi connectivity index (χ3n) is 3.68. The summed E-state index contributed by atoms with van der Waals surface area (Å²) in [5.74, 6) is -0.00632. The highest BCUT2D eigenvalue weighted by Gasteiger charge is 2.20. The van der Waals surface area contributed by atoms with Crippen LogP contribution in [0.15, 0.2) is 30.5 Å². The fourth-order valence-electron chi connectivity index (χ4n) is 2.32. The molecule has 1 aliphatic heterocycles. The Morgan fingerprint density at radius 2 is 2.21 bits per heavy atom. The number of aryl methyl sites for hydroxylation is 1. The summed E-state index contributed by atoms with van der Waals surface area (Å²) < 4.78 is 10.9. The lowest BCUT2D eigenvalue weighted by atomic mass is 10.2. The van der Waals surface area contributed by atoms with Crippen molar-refractivity contribution in [2.45, 2.75) is 19.4 Å². The van der Waals surface area contributed by atoms with Gasteiger partial charge in [0.25, 0.3) is 5.91 Å². The van der Waals surface area contributed by atoms with Crippen molar-refractivity contribution in [3.8, 4) is 5.88 Å². The van der Waals surface area contributed by atoms with Crippen LogP contribution in [0.3, 0.4) is 0 Å². The van der Waals surface area contributed by atoms with Crippen LogP contribution >= 0.6 is 23.2 Å². The number of benzene rings is 1. The zero-order valence-electron chi connectivity index (χ0n) is 13.0. The van der Waals surface area contributed by atoms with Gasteiger partial charge in [0.05, 0.1) is 18.8 Å². The van der Waals surface area contributed by atoms with Gasteiger partial charge in [0.2, 0.25) is 5.88 Å². The Bertz CT molecular complexity index is 761. The van der Waals surface area contributed by atoms with Gasteiger partial charge >= 0.3 is 0 Å². The molecule has 1 saturated heterocycles. The number of aromatic nitrogens is 1. The Kier molecular flexibility index (Phi) is 5.23. The first-order valence-electron chi connectivity index (χ1n) is 7.50. The first-order chi connectivity index (χ1) is 11.5. The van der Waals surface area contributed by atoms with Crippen LogP contribution in [0.4, 0.5) is 5.69 Å². The molecule has 126 valence electrons. The second-order valence-electron chi connectivity index (χ2n) is 5.53. The normalized spacial score (nSPS) is 16.9. The monoisotopic (exact) mass is 366 g/mol. The Morgan fingerprint density at radius 3 is 2.92 bits per heavy atom. The third-order valence-corrected chi connectivity index (χ3v) is 4.19. The molecule has 2 aromatic rings. The molecule has 0 spiro atoms. The van der Waals surface area contributed by atoms with E-state index in [1.54, 1.807) is 12.1 Å². The van der Waals surface area contributed by atoms with E-state index in [0.717, 1.165) is 12.0 Å². The van der Waals surface area contributed by atoms with E-state index in [9.17, 15) is 4.79 Å². The predicted molar refractivity (Wildman–Crippen MR) is 93.2 cm³/mol. The highest BCUT2D eigenvalue weighted by molar-refractivity contribution is 6.32. The van der Waals surface area contributed by atoms with Crippen molar-refractivity contribution in [3.63, 3.8) is 0 Å². The van der Waals surface area contributed by atoms with Gasteiger partial charge in [-0.25, -0.2) is 4.98 Å². The number of pyridine rings is 1. The summed E-state index contributed by atoms with van der Waals surface area (Å²) in [5, 5.41) is 3.64. The van der Waals surface area contributed by atoms with Crippen molar-refractivity contribution in [2.24, 2.45) is 0 Å².